The van der Waals surface area contributed by atoms with E-state index in [0.29, 0.717) is 12.2 Å². The van der Waals surface area contributed by atoms with Gasteiger partial charge in [-0.05, 0) is 29.8 Å². The normalized spacial score (nSPS) is 9.90. The number of hydrogen-bond acceptors (Lipinski definition) is 3. The first kappa shape index (κ1) is 13.9. The number of carbonyl (C=O) groups excluding carboxylic acids is 1. The van der Waals surface area contributed by atoms with Gasteiger partial charge in [0.25, 0.3) is 0 Å². The Morgan fingerprint density at radius 1 is 1.30 bits per heavy atom. The number of rotatable bonds is 4. The fourth-order valence-electron chi connectivity index (χ4n) is 1.73. The average molecular weight is 271 g/mol. The van der Waals surface area contributed by atoms with Gasteiger partial charge in [0, 0.05) is 19.8 Å². The standard InChI is InChI=1S/C15H17N3O2/c1-18(11-12-5-7-14(20-2)8-6-12)15(19)17-13-4-3-9-16-10-13/h3-10H,11H2,1-2H3,(H,17,19). The highest BCUT2D eigenvalue weighted by molar-refractivity contribution is 5.88. The molecule has 1 aromatic heterocycles. The third-order valence-electron chi connectivity index (χ3n) is 2.84. The van der Waals surface area contributed by atoms with Gasteiger partial charge in [0.1, 0.15) is 5.75 Å². The molecule has 5 heteroatoms. The minimum absolute atomic E-state index is 0.172. The molecule has 1 aromatic carbocycles. The predicted octanol–water partition coefficient (Wildman–Crippen LogP) is 2.75. The number of hydrogen-bond donors (Lipinski definition) is 1. The number of anilines is 1. The largest absolute Gasteiger partial charge is 0.497 e. The van der Waals surface area contributed by atoms with Crippen molar-refractivity contribution in [3.63, 3.8) is 0 Å². The van der Waals surface area contributed by atoms with Crippen molar-refractivity contribution >= 4 is 11.7 Å². The molecule has 0 bridgehead atoms. The summed E-state index contributed by atoms with van der Waals surface area (Å²) >= 11 is 0. The van der Waals surface area contributed by atoms with Gasteiger partial charge in [-0.15, -0.1) is 0 Å². The Kier molecular flexibility index (Phi) is 4.55. The minimum Gasteiger partial charge on any atom is -0.497 e. The number of amides is 2. The van der Waals surface area contributed by atoms with Gasteiger partial charge >= 0.3 is 6.03 Å². The molecule has 2 amide bonds. The Morgan fingerprint density at radius 2 is 2.05 bits per heavy atom. The zero-order chi connectivity index (χ0) is 14.4. The van der Waals surface area contributed by atoms with Crippen LogP contribution in [0.2, 0.25) is 0 Å². The highest BCUT2D eigenvalue weighted by Crippen LogP contribution is 2.13. The Morgan fingerprint density at radius 3 is 2.65 bits per heavy atom. The van der Waals surface area contributed by atoms with E-state index in [9.17, 15) is 4.79 Å². The molecule has 2 aromatic rings. The van der Waals surface area contributed by atoms with Crippen LogP contribution in [0.1, 0.15) is 5.56 Å². The molecule has 104 valence electrons. The quantitative estimate of drug-likeness (QED) is 0.930. The molecule has 1 N–H and O–H groups in total. The molecule has 0 atom stereocenters. The lowest BCUT2D eigenvalue weighted by Gasteiger charge is -2.18. The first-order chi connectivity index (χ1) is 9.69. The van der Waals surface area contributed by atoms with Crippen LogP contribution in [-0.4, -0.2) is 30.1 Å². The van der Waals surface area contributed by atoms with Gasteiger partial charge in [-0.2, -0.15) is 0 Å². The molecule has 20 heavy (non-hydrogen) atoms. The maximum absolute atomic E-state index is 12.0. The van der Waals surface area contributed by atoms with E-state index >= 15 is 0 Å². The number of urea groups is 1. The summed E-state index contributed by atoms with van der Waals surface area (Å²) in [5, 5.41) is 2.78. The van der Waals surface area contributed by atoms with Crippen LogP contribution in [0.15, 0.2) is 48.8 Å². The van der Waals surface area contributed by atoms with Crippen LogP contribution in [0, 0.1) is 0 Å². The molecule has 0 unspecified atom stereocenters. The molecule has 0 radical (unpaired) electrons. The van der Waals surface area contributed by atoms with Crippen molar-refractivity contribution in [2.24, 2.45) is 0 Å². The molecule has 1 heterocycles. The topological polar surface area (TPSA) is 54.5 Å². The van der Waals surface area contributed by atoms with Crippen LogP contribution in [0.3, 0.4) is 0 Å². The number of ether oxygens (including phenoxy) is 1. The number of aromatic nitrogens is 1. The van der Waals surface area contributed by atoms with Crippen molar-refractivity contribution in [1.82, 2.24) is 9.88 Å². The lowest BCUT2D eigenvalue weighted by Crippen LogP contribution is -2.30. The smallest absolute Gasteiger partial charge is 0.321 e. The van der Waals surface area contributed by atoms with Crippen molar-refractivity contribution in [3.8, 4) is 5.75 Å². The SMILES string of the molecule is COc1ccc(CN(C)C(=O)Nc2cccnc2)cc1. The van der Waals surface area contributed by atoms with Crippen LogP contribution in [0.4, 0.5) is 10.5 Å². The third kappa shape index (κ3) is 3.71. The van der Waals surface area contributed by atoms with Gasteiger partial charge in [-0.1, -0.05) is 12.1 Å². The van der Waals surface area contributed by atoms with E-state index in [1.54, 1.807) is 43.6 Å². The van der Waals surface area contributed by atoms with Gasteiger partial charge < -0.3 is 15.0 Å². The first-order valence-corrected chi connectivity index (χ1v) is 6.24. The van der Waals surface area contributed by atoms with Gasteiger partial charge in [0.05, 0.1) is 19.0 Å². The molecule has 0 aliphatic carbocycles. The summed E-state index contributed by atoms with van der Waals surface area (Å²) in [7, 11) is 3.37. The number of methoxy groups -OCH3 is 1. The Balaban J connectivity index is 1.93. The van der Waals surface area contributed by atoms with E-state index in [4.69, 9.17) is 4.74 Å². The maximum atomic E-state index is 12.0. The van der Waals surface area contributed by atoms with E-state index in [-0.39, 0.29) is 6.03 Å². The molecule has 0 spiro atoms. The number of pyridine rings is 1. The van der Waals surface area contributed by atoms with Crippen molar-refractivity contribution in [2.45, 2.75) is 6.54 Å². The summed E-state index contributed by atoms with van der Waals surface area (Å²) in [6.45, 7) is 0.524. The minimum atomic E-state index is -0.172. The summed E-state index contributed by atoms with van der Waals surface area (Å²) in [5.74, 6) is 0.802. The van der Waals surface area contributed by atoms with Crippen molar-refractivity contribution < 1.29 is 9.53 Å². The molecule has 0 aliphatic heterocycles. The fraction of sp³-hybridized carbons (Fsp3) is 0.200. The summed E-state index contributed by atoms with van der Waals surface area (Å²) in [6.07, 6.45) is 3.27. The van der Waals surface area contributed by atoms with Crippen LogP contribution >= 0.6 is 0 Å². The molecule has 2 rings (SSSR count). The number of nitrogens with one attached hydrogen (secondary N) is 1. The Hall–Kier alpha value is -2.56. The summed E-state index contributed by atoms with van der Waals surface area (Å²) in [4.78, 5) is 17.6. The van der Waals surface area contributed by atoms with Crippen molar-refractivity contribution in [2.75, 3.05) is 19.5 Å². The van der Waals surface area contributed by atoms with E-state index in [0.717, 1.165) is 11.3 Å². The van der Waals surface area contributed by atoms with Crippen LogP contribution < -0.4 is 10.1 Å². The van der Waals surface area contributed by atoms with Gasteiger partial charge in [-0.25, -0.2) is 4.79 Å². The highest BCUT2D eigenvalue weighted by Gasteiger charge is 2.09. The van der Waals surface area contributed by atoms with Crippen LogP contribution in [0.25, 0.3) is 0 Å². The zero-order valence-corrected chi connectivity index (χ0v) is 11.5. The fourth-order valence-corrected chi connectivity index (χ4v) is 1.73. The number of carbonyl (C=O) groups is 1. The lowest BCUT2D eigenvalue weighted by molar-refractivity contribution is 0.220. The molecule has 0 aliphatic rings. The second-order valence-corrected chi connectivity index (χ2v) is 4.38. The monoisotopic (exact) mass is 271 g/mol. The van der Waals surface area contributed by atoms with Gasteiger partial charge in [-0.3, -0.25) is 4.98 Å². The van der Waals surface area contributed by atoms with Crippen molar-refractivity contribution in [3.05, 3.63) is 54.4 Å². The van der Waals surface area contributed by atoms with Gasteiger partial charge in [0.2, 0.25) is 0 Å². The lowest BCUT2D eigenvalue weighted by atomic mass is 10.2. The predicted molar refractivity (Wildman–Crippen MR) is 77.7 cm³/mol. The number of benzene rings is 1. The Labute approximate surface area is 118 Å². The van der Waals surface area contributed by atoms with Crippen LogP contribution in [0.5, 0.6) is 5.75 Å². The molecular weight excluding hydrogens is 254 g/mol. The average Bonchev–Trinajstić information content (AvgIpc) is 2.49. The first-order valence-electron chi connectivity index (χ1n) is 6.24. The van der Waals surface area contributed by atoms with E-state index in [1.165, 1.54) is 0 Å². The molecule has 5 nitrogen and oxygen atoms in total. The van der Waals surface area contributed by atoms with E-state index in [1.807, 2.05) is 24.3 Å². The maximum Gasteiger partial charge on any atom is 0.321 e. The summed E-state index contributed by atoms with van der Waals surface area (Å²) in [5.41, 5.74) is 1.72. The van der Waals surface area contributed by atoms with E-state index in [2.05, 4.69) is 10.3 Å². The molecule has 0 saturated heterocycles. The van der Waals surface area contributed by atoms with E-state index < -0.39 is 0 Å². The molecule has 0 saturated carbocycles. The van der Waals surface area contributed by atoms with Crippen LogP contribution in [-0.2, 0) is 6.54 Å². The highest BCUT2D eigenvalue weighted by atomic mass is 16.5. The summed E-state index contributed by atoms with van der Waals surface area (Å²) < 4.78 is 5.10. The van der Waals surface area contributed by atoms with Crippen molar-refractivity contribution in [1.29, 1.82) is 0 Å². The van der Waals surface area contributed by atoms with Gasteiger partial charge in [0.15, 0.2) is 0 Å². The third-order valence-corrected chi connectivity index (χ3v) is 2.84. The zero-order valence-electron chi connectivity index (χ0n) is 11.5. The second kappa shape index (κ2) is 6.56. The Bertz CT molecular complexity index is 555. The second-order valence-electron chi connectivity index (χ2n) is 4.38. The molecule has 0 fully saturated rings. The number of nitrogens with zero attached hydrogens (tertiary/aromatic N) is 2. The summed E-state index contributed by atoms with van der Waals surface area (Å²) in [6, 6.07) is 11.0. The molecular formula is C15H17N3O2.